The molecule has 4 rings (SSSR count). The molecule has 2 heterocycles. The number of nitrogens with zero attached hydrogens (tertiary/aromatic N) is 3. The lowest BCUT2D eigenvalue weighted by Gasteiger charge is -2.14. The Morgan fingerprint density at radius 3 is 2.36 bits per heavy atom. The number of halogens is 1. The summed E-state index contributed by atoms with van der Waals surface area (Å²) < 4.78 is 15.2. The van der Waals surface area contributed by atoms with Crippen molar-refractivity contribution in [2.24, 2.45) is 5.92 Å². The molecule has 0 bridgehead atoms. The van der Waals surface area contributed by atoms with Crippen LogP contribution in [-0.2, 0) is 6.54 Å². The van der Waals surface area contributed by atoms with Crippen molar-refractivity contribution in [3.05, 3.63) is 65.5 Å². The maximum absolute atomic E-state index is 13.4. The van der Waals surface area contributed by atoms with Gasteiger partial charge in [0.15, 0.2) is 5.65 Å². The zero-order chi connectivity index (χ0) is 23.5. The first-order valence-electron chi connectivity index (χ1n) is 11.4. The fourth-order valence-electron chi connectivity index (χ4n) is 4.07. The second-order valence-electron chi connectivity index (χ2n) is 9.06. The number of hydrogen-bond donors (Lipinski definition) is 2. The number of benzene rings is 2. The maximum atomic E-state index is 13.4. The van der Waals surface area contributed by atoms with E-state index in [0.717, 1.165) is 30.3 Å². The van der Waals surface area contributed by atoms with Crippen LogP contribution in [0.25, 0.3) is 22.2 Å². The van der Waals surface area contributed by atoms with Gasteiger partial charge in [0.05, 0.1) is 17.6 Å². The van der Waals surface area contributed by atoms with E-state index in [1.54, 1.807) is 16.7 Å². The van der Waals surface area contributed by atoms with Gasteiger partial charge in [-0.1, -0.05) is 51.0 Å². The number of fused-ring (bicyclic) bond motifs is 2. The van der Waals surface area contributed by atoms with Crippen molar-refractivity contribution in [3.8, 4) is 0 Å². The van der Waals surface area contributed by atoms with Crippen molar-refractivity contribution >= 4 is 33.9 Å². The number of hydrogen-bond acceptors (Lipinski definition) is 4. The van der Waals surface area contributed by atoms with Gasteiger partial charge in [0, 0.05) is 6.04 Å². The van der Waals surface area contributed by atoms with E-state index in [-0.39, 0.29) is 17.8 Å². The Morgan fingerprint density at radius 1 is 1.03 bits per heavy atom. The summed E-state index contributed by atoms with van der Waals surface area (Å²) in [4.78, 5) is 22.8. The molecule has 3 N–H and O–H groups in total. The second kappa shape index (κ2) is 9.57. The van der Waals surface area contributed by atoms with Crippen molar-refractivity contribution in [1.29, 1.82) is 0 Å². The van der Waals surface area contributed by atoms with Gasteiger partial charge < -0.3 is 15.6 Å². The van der Waals surface area contributed by atoms with Crippen LogP contribution >= 0.6 is 0 Å². The molecule has 0 unspecified atom stereocenters. The van der Waals surface area contributed by atoms with Crippen LogP contribution in [0.3, 0.4) is 0 Å². The molecule has 0 radical (unpaired) electrons. The van der Waals surface area contributed by atoms with E-state index in [2.05, 4.69) is 19.2 Å². The predicted molar refractivity (Wildman–Crippen MR) is 131 cm³/mol. The average Bonchev–Trinajstić information content (AvgIpc) is 3.03. The van der Waals surface area contributed by atoms with E-state index in [1.165, 1.54) is 12.1 Å². The van der Waals surface area contributed by atoms with Gasteiger partial charge in [0.2, 0.25) is 0 Å². The highest BCUT2D eigenvalue weighted by Crippen LogP contribution is 2.29. The fraction of sp³-hybridized carbons (Fsp3) is 0.346. The topological polar surface area (TPSA) is 85.8 Å². The van der Waals surface area contributed by atoms with Gasteiger partial charge in [-0.25, -0.2) is 14.4 Å². The van der Waals surface area contributed by atoms with Gasteiger partial charge in [0.1, 0.15) is 22.7 Å². The summed E-state index contributed by atoms with van der Waals surface area (Å²) in [6.07, 6.45) is 3.06. The molecule has 7 heteroatoms. The number of rotatable bonds is 8. The number of carbonyl (C=O) groups is 1. The first-order chi connectivity index (χ1) is 15.8. The Morgan fingerprint density at radius 2 is 1.70 bits per heavy atom. The molecule has 1 amide bonds. The number of anilines is 1. The summed E-state index contributed by atoms with van der Waals surface area (Å²) in [5.41, 5.74) is 10.1. The van der Waals surface area contributed by atoms with Crippen LogP contribution in [0.4, 0.5) is 10.2 Å². The average molecular weight is 448 g/mol. The Balaban J connectivity index is 1.73. The van der Waals surface area contributed by atoms with Crippen LogP contribution in [0.1, 0.15) is 56.0 Å². The lowest BCUT2D eigenvalue weighted by atomic mass is 10.0. The van der Waals surface area contributed by atoms with E-state index >= 15 is 0 Å². The fourth-order valence-corrected chi connectivity index (χ4v) is 4.07. The van der Waals surface area contributed by atoms with Gasteiger partial charge in [-0.3, -0.25) is 4.79 Å². The molecule has 2 aromatic heterocycles. The molecule has 0 aliphatic rings. The van der Waals surface area contributed by atoms with Crippen molar-refractivity contribution < 1.29 is 9.18 Å². The minimum Gasteiger partial charge on any atom is -0.384 e. The highest BCUT2D eigenvalue weighted by Gasteiger charge is 2.25. The van der Waals surface area contributed by atoms with Gasteiger partial charge in [-0.05, 0) is 49.1 Å². The first kappa shape index (κ1) is 22.7. The smallest absolute Gasteiger partial charge is 0.257 e. The van der Waals surface area contributed by atoms with E-state index in [9.17, 15) is 9.18 Å². The number of nitrogens with two attached hydrogens (primary N) is 1. The molecule has 0 aliphatic carbocycles. The SMILES string of the molecule is CC(C)CCC[C@H](C)NC(=O)c1c(N)n(Cc2ccc(F)cc2)c2nc3ccccc3nc12. The summed E-state index contributed by atoms with van der Waals surface area (Å²) in [5.74, 6) is 0.381. The van der Waals surface area contributed by atoms with Crippen LogP contribution in [0.15, 0.2) is 48.5 Å². The van der Waals surface area contributed by atoms with Gasteiger partial charge in [-0.15, -0.1) is 0 Å². The molecule has 172 valence electrons. The van der Waals surface area contributed by atoms with Crippen molar-refractivity contribution in [2.75, 3.05) is 5.73 Å². The second-order valence-corrected chi connectivity index (χ2v) is 9.06. The molecule has 0 saturated carbocycles. The normalized spacial score (nSPS) is 12.5. The molecule has 0 fully saturated rings. The molecule has 33 heavy (non-hydrogen) atoms. The van der Waals surface area contributed by atoms with Crippen LogP contribution in [-0.4, -0.2) is 26.5 Å². The molecule has 1 atom stereocenters. The minimum atomic E-state index is -0.304. The molecule has 4 aromatic rings. The Kier molecular flexibility index (Phi) is 6.58. The van der Waals surface area contributed by atoms with Crippen LogP contribution in [0.2, 0.25) is 0 Å². The van der Waals surface area contributed by atoms with Crippen LogP contribution in [0, 0.1) is 11.7 Å². The quantitative estimate of drug-likeness (QED) is 0.384. The van der Waals surface area contributed by atoms with E-state index in [4.69, 9.17) is 15.7 Å². The van der Waals surface area contributed by atoms with Crippen molar-refractivity contribution in [2.45, 2.75) is 52.6 Å². The predicted octanol–water partition coefficient (Wildman–Crippen LogP) is 5.30. The summed E-state index contributed by atoms with van der Waals surface area (Å²) >= 11 is 0. The minimum absolute atomic E-state index is 0.0135. The maximum Gasteiger partial charge on any atom is 0.257 e. The number of para-hydroxylation sites is 2. The number of amides is 1. The molecule has 0 saturated heterocycles. The van der Waals surface area contributed by atoms with Crippen molar-refractivity contribution in [3.63, 3.8) is 0 Å². The largest absolute Gasteiger partial charge is 0.384 e. The third-order valence-corrected chi connectivity index (χ3v) is 5.87. The highest BCUT2D eigenvalue weighted by molar-refractivity contribution is 6.10. The zero-order valence-corrected chi connectivity index (χ0v) is 19.3. The highest BCUT2D eigenvalue weighted by atomic mass is 19.1. The Hall–Kier alpha value is -3.48. The Labute approximate surface area is 193 Å². The summed E-state index contributed by atoms with van der Waals surface area (Å²) in [7, 11) is 0. The van der Waals surface area contributed by atoms with Crippen LogP contribution in [0.5, 0.6) is 0 Å². The van der Waals surface area contributed by atoms with Gasteiger partial charge >= 0.3 is 0 Å². The number of aromatic nitrogens is 3. The molecule has 6 nitrogen and oxygen atoms in total. The zero-order valence-electron chi connectivity index (χ0n) is 19.3. The van der Waals surface area contributed by atoms with Crippen LogP contribution < -0.4 is 11.1 Å². The van der Waals surface area contributed by atoms with E-state index in [0.29, 0.717) is 40.5 Å². The third kappa shape index (κ3) is 4.97. The third-order valence-electron chi connectivity index (χ3n) is 5.87. The molecular formula is C26H30FN5O. The van der Waals surface area contributed by atoms with E-state index < -0.39 is 0 Å². The molecule has 0 aliphatic heterocycles. The number of nitrogens with one attached hydrogen (secondary N) is 1. The summed E-state index contributed by atoms with van der Waals surface area (Å²) in [5, 5.41) is 3.09. The first-order valence-corrected chi connectivity index (χ1v) is 11.4. The standard InChI is InChI=1S/C26H30FN5O/c1-16(2)7-6-8-17(3)29-26(33)22-23-25(31-21-10-5-4-9-20(21)30-23)32(24(22)28)15-18-11-13-19(27)14-12-18/h4-5,9-14,16-17H,6-8,15,28H2,1-3H3,(H,29,33)/t17-/m0/s1. The number of nitrogen functional groups attached to an aromatic ring is 1. The van der Waals surface area contributed by atoms with Gasteiger partial charge in [0.25, 0.3) is 5.91 Å². The van der Waals surface area contributed by atoms with Gasteiger partial charge in [-0.2, -0.15) is 0 Å². The molecule has 2 aromatic carbocycles. The molecular weight excluding hydrogens is 417 g/mol. The summed E-state index contributed by atoms with van der Waals surface area (Å²) in [6, 6.07) is 13.8. The van der Waals surface area contributed by atoms with Crippen molar-refractivity contribution in [1.82, 2.24) is 19.9 Å². The number of carbonyl (C=O) groups excluding carboxylic acids is 1. The lowest BCUT2D eigenvalue weighted by Crippen LogP contribution is -2.33. The summed E-state index contributed by atoms with van der Waals surface area (Å²) in [6.45, 7) is 6.76. The lowest BCUT2D eigenvalue weighted by molar-refractivity contribution is 0.0940. The Bertz CT molecular complexity index is 1280. The monoisotopic (exact) mass is 447 g/mol. The molecule has 0 spiro atoms. The van der Waals surface area contributed by atoms with E-state index in [1.807, 2.05) is 31.2 Å².